The molecule has 0 saturated carbocycles. The summed E-state index contributed by atoms with van der Waals surface area (Å²) >= 11 is 0.963. The molecular formula is C29H39N9O11S2. The van der Waals surface area contributed by atoms with Crippen molar-refractivity contribution in [1.82, 2.24) is 26.0 Å². The van der Waals surface area contributed by atoms with Gasteiger partial charge in [-0.2, -0.15) is 13.5 Å². The molecule has 3 unspecified atom stereocenters. The summed E-state index contributed by atoms with van der Waals surface area (Å²) in [6.07, 6.45) is -1.08. The van der Waals surface area contributed by atoms with Gasteiger partial charge >= 0.3 is 16.4 Å². The summed E-state index contributed by atoms with van der Waals surface area (Å²) in [6, 6.07) is 4.27. The Labute approximate surface area is 296 Å². The molecule has 1 aromatic carbocycles. The van der Waals surface area contributed by atoms with Crippen molar-refractivity contribution in [3.8, 4) is 5.75 Å². The number of benzene rings is 1. The summed E-state index contributed by atoms with van der Waals surface area (Å²) < 4.78 is 41.8. The number of aliphatic carboxylic acids is 1. The first kappa shape index (κ1) is 37.6. The average molecular weight is 754 g/mol. The van der Waals surface area contributed by atoms with Gasteiger partial charge in [0.25, 0.3) is 17.4 Å². The summed E-state index contributed by atoms with van der Waals surface area (Å²) in [5, 5.41) is 34.3. The number of nitrogen functional groups attached to an aromatic ring is 1. The Morgan fingerprint density at radius 3 is 2.69 bits per heavy atom. The van der Waals surface area contributed by atoms with Gasteiger partial charge in [0.05, 0.1) is 18.2 Å². The van der Waals surface area contributed by atoms with Crippen LogP contribution in [0, 0.1) is 0 Å². The number of aromatic nitrogens is 1. The standard InChI is InChI=1S/C29H39N9O11S2/c1-28(2)22(24(41)38(28)49-51(44,45)46)36-23(40)21(18-13-50-26(31)35-18)37-48-29(3,25(42)43)20-7-5-15-8-14(4-6-19(15)47-20)16-10-32-27(33-11-16)34-12-17(39)9-30/h4,6,8,13,16-17,20,22,39H,5,7,9-12,30H2,1-3H3,(H2,31,35)(H,36,40)(H,42,43)(H2,32,33,34)(H,44,45,46)/b37-21-/t17-,20+,22?,29?/m0/s1. The number of oxime groups is 1. The highest BCUT2D eigenvalue weighted by Crippen LogP contribution is 2.36. The zero-order chi connectivity index (χ0) is 37.3. The highest BCUT2D eigenvalue weighted by Gasteiger charge is 2.58. The number of nitrogens with zero attached hydrogens (tertiary/aromatic N) is 4. The monoisotopic (exact) mass is 753 g/mol. The van der Waals surface area contributed by atoms with Crippen LogP contribution in [0.1, 0.15) is 49.9 Å². The van der Waals surface area contributed by atoms with E-state index < -0.39 is 63.3 Å². The van der Waals surface area contributed by atoms with E-state index >= 15 is 0 Å². The van der Waals surface area contributed by atoms with Crippen LogP contribution in [0.15, 0.2) is 33.7 Å². The van der Waals surface area contributed by atoms with E-state index in [0.717, 1.165) is 22.5 Å². The number of hydrogen-bond acceptors (Lipinski definition) is 17. The predicted molar refractivity (Wildman–Crippen MR) is 181 cm³/mol. The quantitative estimate of drug-likeness (QED) is 0.0498. The van der Waals surface area contributed by atoms with E-state index in [9.17, 15) is 33.0 Å². The molecular weight excluding hydrogens is 715 g/mol. The van der Waals surface area contributed by atoms with E-state index in [0.29, 0.717) is 36.3 Å². The number of aliphatic hydroxyl groups excluding tert-OH is 1. The van der Waals surface area contributed by atoms with Gasteiger partial charge in [-0.25, -0.2) is 9.78 Å². The topological polar surface area (TPSA) is 303 Å². The lowest BCUT2D eigenvalue weighted by atomic mass is 9.84. The van der Waals surface area contributed by atoms with Gasteiger partial charge in [-0.3, -0.25) is 19.1 Å². The number of β-lactam (4-membered cyclic amide) rings is 1. The number of carboxylic acid groups (broad SMARTS) is 1. The normalized spacial score (nSPS) is 23.3. The van der Waals surface area contributed by atoms with E-state index in [-0.39, 0.29) is 36.3 Å². The first-order chi connectivity index (χ1) is 23.9. The highest BCUT2D eigenvalue weighted by molar-refractivity contribution is 7.80. The number of hydroxylamine groups is 2. The molecule has 5 rings (SSSR count). The maximum atomic E-state index is 13.5. The minimum Gasteiger partial charge on any atom is -0.485 e. The number of nitrogens with one attached hydrogen (secondary N) is 3. The van der Waals surface area contributed by atoms with Crippen LogP contribution < -0.4 is 32.2 Å². The van der Waals surface area contributed by atoms with Crippen molar-refractivity contribution in [1.29, 1.82) is 0 Å². The number of carboxylic acids is 1. The molecule has 278 valence electrons. The van der Waals surface area contributed by atoms with E-state index in [2.05, 4.69) is 35.4 Å². The van der Waals surface area contributed by atoms with Crippen LogP contribution in [0.3, 0.4) is 0 Å². The molecule has 2 aromatic rings. The van der Waals surface area contributed by atoms with Crippen LogP contribution in [0.25, 0.3) is 0 Å². The number of hydrogen-bond donors (Lipinski definition) is 8. The van der Waals surface area contributed by atoms with Gasteiger partial charge in [0.15, 0.2) is 22.9 Å². The summed E-state index contributed by atoms with van der Waals surface area (Å²) in [7, 11) is -5.03. The molecule has 5 atom stereocenters. The van der Waals surface area contributed by atoms with E-state index in [4.69, 9.17) is 25.6 Å². The number of amides is 2. The minimum absolute atomic E-state index is 0.0566. The number of nitrogens with two attached hydrogens (primary N) is 2. The second-order valence-electron chi connectivity index (χ2n) is 12.8. The van der Waals surface area contributed by atoms with E-state index in [1.165, 1.54) is 26.2 Å². The zero-order valence-electron chi connectivity index (χ0n) is 27.7. The molecule has 3 aliphatic rings. The van der Waals surface area contributed by atoms with Crippen molar-refractivity contribution in [2.24, 2.45) is 15.9 Å². The van der Waals surface area contributed by atoms with Crippen molar-refractivity contribution >= 4 is 56.3 Å². The first-order valence-electron chi connectivity index (χ1n) is 15.7. The number of aliphatic hydroxyl groups is 1. The molecule has 1 saturated heterocycles. The molecule has 3 aliphatic heterocycles. The fourth-order valence-corrected chi connectivity index (χ4v) is 6.63. The molecule has 1 aromatic heterocycles. The lowest BCUT2D eigenvalue weighted by molar-refractivity contribution is -0.218. The molecule has 0 aliphatic carbocycles. The molecule has 2 amide bonds. The van der Waals surface area contributed by atoms with Gasteiger partial charge in [-0.15, -0.1) is 15.6 Å². The van der Waals surface area contributed by atoms with Crippen LogP contribution >= 0.6 is 11.3 Å². The van der Waals surface area contributed by atoms with Crippen LogP contribution in [-0.2, 0) is 40.3 Å². The lowest BCUT2D eigenvalue weighted by Gasteiger charge is -2.50. The zero-order valence-corrected chi connectivity index (χ0v) is 29.4. The molecule has 22 heteroatoms. The van der Waals surface area contributed by atoms with Crippen LogP contribution in [0.2, 0.25) is 0 Å². The molecule has 0 bridgehead atoms. The molecule has 0 spiro atoms. The van der Waals surface area contributed by atoms with Crippen LogP contribution in [-0.4, -0.2) is 118 Å². The third-order valence-electron chi connectivity index (χ3n) is 8.73. The Kier molecular flexibility index (Phi) is 10.7. The van der Waals surface area contributed by atoms with Gasteiger partial charge in [-0.1, -0.05) is 17.3 Å². The number of anilines is 1. The fraction of sp³-hybridized carbons (Fsp3) is 0.517. The first-order valence-corrected chi connectivity index (χ1v) is 17.9. The van der Waals surface area contributed by atoms with Crippen molar-refractivity contribution in [3.63, 3.8) is 0 Å². The van der Waals surface area contributed by atoms with Crippen molar-refractivity contribution < 1.29 is 51.4 Å². The van der Waals surface area contributed by atoms with Gasteiger partial charge in [0.1, 0.15) is 17.5 Å². The molecule has 4 heterocycles. The summed E-state index contributed by atoms with van der Waals surface area (Å²) in [6.45, 7) is 5.50. The molecule has 51 heavy (non-hydrogen) atoms. The minimum atomic E-state index is -5.03. The fourth-order valence-electron chi connectivity index (χ4n) is 5.63. The van der Waals surface area contributed by atoms with Gasteiger partial charge in [-0.05, 0) is 50.8 Å². The van der Waals surface area contributed by atoms with Gasteiger partial charge in [0.2, 0.25) is 0 Å². The summed E-state index contributed by atoms with van der Waals surface area (Å²) in [5.74, 6) is -2.36. The highest BCUT2D eigenvalue weighted by atomic mass is 32.3. The largest absolute Gasteiger partial charge is 0.485 e. The number of carbonyl (C=O) groups excluding carboxylic acids is 2. The maximum Gasteiger partial charge on any atom is 0.418 e. The second-order valence-corrected chi connectivity index (χ2v) is 14.7. The molecule has 1 fully saturated rings. The number of ether oxygens (including phenoxy) is 1. The van der Waals surface area contributed by atoms with Crippen LogP contribution in [0.5, 0.6) is 5.75 Å². The third-order valence-corrected chi connectivity index (χ3v) is 9.74. The SMILES string of the molecule is CC(O/N=C(\C(=O)NC1C(=O)N(OS(=O)(=O)O)C1(C)C)c1csc(N)n1)(C(=O)O)[C@H]1CCc2cc(C3CN=C(NC[C@@H](O)CN)NC3)ccc2O1. The van der Waals surface area contributed by atoms with Crippen molar-refractivity contribution in [2.45, 2.75) is 68.9 Å². The van der Waals surface area contributed by atoms with Gasteiger partial charge in [0, 0.05) is 30.9 Å². The van der Waals surface area contributed by atoms with Gasteiger partial charge < -0.3 is 47.2 Å². The Morgan fingerprint density at radius 2 is 2.10 bits per heavy atom. The molecule has 20 nitrogen and oxygen atoms in total. The number of rotatable bonds is 13. The Morgan fingerprint density at radius 1 is 1.35 bits per heavy atom. The third kappa shape index (κ3) is 8.15. The number of aliphatic imine (C=N–C) groups is 1. The molecule has 0 radical (unpaired) electrons. The Balaban J connectivity index is 1.30. The number of guanidine groups is 1. The van der Waals surface area contributed by atoms with E-state index in [1.807, 2.05) is 12.1 Å². The average Bonchev–Trinajstić information content (AvgIpc) is 3.52. The Bertz CT molecular complexity index is 1850. The number of carbonyl (C=O) groups is 3. The van der Waals surface area contributed by atoms with Crippen molar-refractivity contribution in [2.75, 3.05) is 31.9 Å². The number of aryl methyl sites for hydroxylation is 1. The molecule has 10 N–H and O–H groups in total. The summed E-state index contributed by atoms with van der Waals surface area (Å²) in [5.41, 5.74) is 8.91. The van der Waals surface area contributed by atoms with E-state index in [1.54, 1.807) is 6.07 Å². The predicted octanol–water partition coefficient (Wildman–Crippen LogP) is -1.52. The van der Waals surface area contributed by atoms with Crippen molar-refractivity contribution in [3.05, 3.63) is 40.4 Å². The Hall–Kier alpha value is -4.61. The number of thiazole rings is 1. The van der Waals surface area contributed by atoms with Crippen LogP contribution in [0.4, 0.5) is 5.13 Å². The lowest BCUT2D eigenvalue weighted by Crippen LogP contribution is -2.76. The smallest absolute Gasteiger partial charge is 0.418 e. The second kappa shape index (κ2) is 14.6. The maximum absolute atomic E-state index is 13.5. The number of fused-ring (bicyclic) bond motifs is 1. The summed E-state index contributed by atoms with van der Waals surface area (Å²) in [4.78, 5) is 52.9.